The number of carbonyl (C=O) groups excluding carboxylic acids is 2. The van der Waals surface area contributed by atoms with Crippen LogP contribution in [0.2, 0.25) is 0 Å². The van der Waals surface area contributed by atoms with Gasteiger partial charge in [0.1, 0.15) is 12.9 Å². The van der Waals surface area contributed by atoms with Crippen LogP contribution in [0.1, 0.15) is 64.7 Å². The summed E-state index contributed by atoms with van der Waals surface area (Å²) >= 11 is 0. The van der Waals surface area contributed by atoms with Crippen molar-refractivity contribution in [2.24, 2.45) is 34.5 Å². The molecule has 0 radical (unpaired) electrons. The average Bonchev–Trinajstić information content (AvgIpc) is 3.22. The minimum absolute atomic E-state index is 0.131. The zero-order chi connectivity index (χ0) is 19.7. The standard InChI is InChI=1S/C23H32O5/c1-21-7-5-18-19(3-2-15-11-16(25)4-8-22(15,18)13-24)23(21,27)9-6-17(21)14-10-20(26)28-12-14/h10,13,15-19,25,27H,2-9,11-12H2,1H3/t15-,16-,17+,18-,19+,21+,22+,23-/m0/s1. The normalized spacial score (nSPS) is 52.9. The second-order valence-electron chi connectivity index (χ2n) is 10.4. The van der Waals surface area contributed by atoms with Crippen LogP contribution in [0.4, 0.5) is 0 Å². The second-order valence-corrected chi connectivity index (χ2v) is 10.4. The lowest BCUT2D eigenvalue weighted by Crippen LogP contribution is -2.63. The minimum Gasteiger partial charge on any atom is -0.458 e. The maximum Gasteiger partial charge on any atom is 0.331 e. The van der Waals surface area contributed by atoms with Crippen LogP contribution >= 0.6 is 0 Å². The molecule has 0 bridgehead atoms. The van der Waals surface area contributed by atoms with E-state index < -0.39 is 5.60 Å². The van der Waals surface area contributed by atoms with E-state index in [1.165, 1.54) is 6.29 Å². The highest BCUT2D eigenvalue weighted by atomic mass is 16.5. The van der Waals surface area contributed by atoms with E-state index in [1.807, 2.05) is 0 Å². The first-order valence-electron chi connectivity index (χ1n) is 11.1. The van der Waals surface area contributed by atoms with Gasteiger partial charge in [-0.15, -0.1) is 0 Å². The fraction of sp³-hybridized carbons (Fsp3) is 0.826. The topological polar surface area (TPSA) is 83.8 Å². The van der Waals surface area contributed by atoms with Gasteiger partial charge in [-0.05, 0) is 87.0 Å². The van der Waals surface area contributed by atoms with Crippen LogP contribution in [0, 0.1) is 34.5 Å². The highest BCUT2D eigenvalue weighted by molar-refractivity contribution is 5.85. The molecular formula is C23H32O5. The molecule has 0 unspecified atom stereocenters. The summed E-state index contributed by atoms with van der Waals surface area (Å²) in [5.41, 5.74) is -0.381. The summed E-state index contributed by atoms with van der Waals surface area (Å²) in [7, 11) is 0. The first kappa shape index (κ1) is 18.8. The lowest BCUT2D eigenvalue weighted by Gasteiger charge is -2.62. The Hall–Kier alpha value is -1.20. The van der Waals surface area contributed by atoms with Gasteiger partial charge in [-0.3, -0.25) is 0 Å². The minimum atomic E-state index is -0.788. The van der Waals surface area contributed by atoms with Crippen LogP contribution in [-0.4, -0.2) is 40.8 Å². The van der Waals surface area contributed by atoms with Gasteiger partial charge in [0.05, 0.1) is 11.7 Å². The molecule has 5 aliphatic rings. The van der Waals surface area contributed by atoms with E-state index in [4.69, 9.17) is 4.74 Å². The fourth-order valence-electron chi connectivity index (χ4n) is 8.31. The Balaban J connectivity index is 1.49. The van der Waals surface area contributed by atoms with E-state index in [-0.39, 0.29) is 46.6 Å². The summed E-state index contributed by atoms with van der Waals surface area (Å²) in [6.45, 7) is 2.57. The van der Waals surface area contributed by atoms with Crippen LogP contribution in [0.3, 0.4) is 0 Å². The van der Waals surface area contributed by atoms with E-state index in [2.05, 4.69) is 6.92 Å². The van der Waals surface area contributed by atoms with Crippen LogP contribution in [0.5, 0.6) is 0 Å². The number of hydrogen-bond donors (Lipinski definition) is 2. The van der Waals surface area contributed by atoms with Crippen molar-refractivity contribution in [2.45, 2.75) is 76.4 Å². The van der Waals surface area contributed by atoms with Gasteiger partial charge in [0.15, 0.2) is 0 Å². The van der Waals surface area contributed by atoms with Crippen molar-refractivity contribution in [3.8, 4) is 0 Å². The van der Waals surface area contributed by atoms with Crippen LogP contribution in [-0.2, 0) is 14.3 Å². The van der Waals surface area contributed by atoms with E-state index in [0.717, 1.165) is 56.9 Å². The molecule has 8 atom stereocenters. The molecule has 1 aliphatic heterocycles. The molecule has 0 aromatic heterocycles. The van der Waals surface area contributed by atoms with Crippen molar-refractivity contribution < 1.29 is 24.5 Å². The molecule has 0 amide bonds. The smallest absolute Gasteiger partial charge is 0.331 e. The lowest BCUT2D eigenvalue weighted by atomic mass is 9.43. The Labute approximate surface area is 166 Å². The summed E-state index contributed by atoms with van der Waals surface area (Å²) in [5.74, 6) is 0.519. The third kappa shape index (κ3) is 2.26. The number of cyclic esters (lactones) is 1. The molecule has 4 saturated carbocycles. The van der Waals surface area contributed by atoms with E-state index in [9.17, 15) is 19.8 Å². The monoisotopic (exact) mass is 388 g/mol. The predicted octanol–water partition coefficient (Wildman–Crippen LogP) is 2.78. The van der Waals surface area contributed by atoms with Crippen LogP contribution in [0.25, 0.3) is 0 Å². The van der Waals surface area contributed by atoms with E-state index >= 15 is 0 Å². The zero-order valence-corrected chi connectivity index (χ0v) is 16.7. The van der Waals surface area contributed by atoms with Gasteiger partial charge in [-0.25, -0.2) is 4.79 Å². The van der Waals surface area contributed by atoms with Gasteiger partial charge in [-0.2, -0.15) is 0 Å². The highest BCUT2D eigenvalue weighted by Crippen LogP contribution is 2.69. The van der Waals surface area contributed by atoms with Crippen LogP contribution in [0.15, 0.2) is 11.6 Å². The number of esters is 1. The molecule has 5 nitrogen and oxygen atoms in total. The highest BCUT2D eigenvalue weighted by Gasteiger charge is 2.68. The number of rotatable bonds is 2. The maximum atomic E-state index is 12.4. The summed E-state index contributed by atoms with van der Waals surface area (Å²) in [6.07, 6.45) is 10.1. The largest absolute Gasteiger partial charge is 0.458 e. The molecule has 0 aromatic rings. The SMILES string of the molecule is C[C@]12CC[C@H]3[C@@H](CC[C@H]4C[C@@H](O)CC[C@@]43C=O)[C@@]1(O)CC[C@@H]2C1=CC(=O)OC1. The van der Waals surface area contributed by atoms with Crippen molar-refractivity contribution >= 4 is 12.3 Å². The summed E-state index contributed by atoms with van der Waals surface area (Å²) in [5, 5.41) is 22.3. The second kappa shape index (κ2) is 6.15. The van der Waals surface area contributed by atoms with Gasteiger partial charge < -0.3 is 19.7 Å². The third-order valence-corrected chi connectivity index (χ3v) is 9.74. The van der Waals surface area contributed by atoms with Gasteiger partial charge in [0, 0.05) is 16.9 Å². The molecule has 0 saturated heterocycles. The number of aliphatic hydroxyl groups is 2. The quantitative estimate of drug-likeness (QED) is 0.561. The molecule has 0 spiro atoms. The fourth-order valence-corrected chi connectivity index (χ4v) is 8.31. The Bertz CT molecular complexity index is 731. The Morgan fingerprint density at radius 1 is 1.11 bits per heavy atom. The maximum absolute atomic E-state index is 12.4. The molecule has 4 aliphatic carbocycles. The zero-order valence-electron chi connectivity index (χ0n) is 16.7. The van der Waals surface area contributed by atoms with Gasteiger partial charge in [0.2, 0.25) is 0 Å². The average molecular weight is 389 g/mol. The van der Waals surface area contributed by atoms with Gasteiger partial charge in [-0.1, -0.05) is 6.92 Å². The van der Waals surface area contributed by atoms with Crippen molar-refractivity contribution in [3.63, 3.8) is 0 Å². The first-order valence-corrected chi connectivity index (χ1v) is 11.1. The molecule has 5 heteroatoms. The van der Waals surface area contributed by atoms with Gasteiger partial charge >= 0.3 is 5.97 Å². The molecule has 5 rings (SSSR count). The number of fused-ring (bicyclic) bond motifs is 5. The third-order valence-electron chi connectivity index (χ3n) is 9.74. The van der Waals surface area contributed by atoms with E-state index in [1.54, 1.807) is 6.08 Å². The molecule has 4 fully saturated rings. The van der Waals surface area contributed by atoms with Crippen molar-refractivity contribution in [3.05, 3.63) is 11.6 Å². The van der Waals surface area contributed by atoms with E-state index in [0.29, 0.717) is 13.0 Å². The Morgan fingerprint density at radius 2 is 1.93 bits per heavy atom. The Morgan fingerprint density at radius 3 is 2.64 bits per heavy atom. The molecule has 28 heavy (non-hydrogen) atoms. The summed E-state index contributed by atoms with van der Waals surface area (Å²) < 4.78 is 5.17. The van der Waals surface area contributed by atoms with Crippen molar-refractivity contribution in [2.75, 3.05) is 6.61 Å². The molecule has 2 N–H and O–H groups in total. The molecule has 154 valence electrons. The first-order chi connectivity index (χ1) is 13.3. The molecular weight excluding hydrogens is 356 g/mol. The van der Waals surface area contributed by atoms with Crippen molar-refractivity contribution in [1.82, 2.24) is 0 Å². The van der Waals surface area contributed by atoms with Gasteiger partial charge in [0.25, 0.3) is 0 Å². The number of hydrogen-bond acceptors (Lipinski definition) is 5. The predicted molar refractivity (Wildman–Crippen MR) is 102 cm³/mol. The Kier molecular flexibility index (Phi) is 4.13. The summed E-state index contributed by atoms with van der Waals surface area (Å²) in [6, 6.07) is 0. The number of aliphatic hydroxyl groups excluding tert-OH is 1. The number of aldehydes is 1. The summed E-state index contributed by atoms with van der Waals surface area (Å²) in [4.78, 5) is 24.1. The molecule has 0 aromatic carbocycles. The van der Waals surface area contributed by atoms with Crippen molar-refractivity contribution in [1.29, 1.82) is 0 Å². The van der Waals surface area contributed by atoms with Crippen LogP contribution < -0.4 is 0 Å². The lowest BCUT2D eigenvalue weighted by molar-refractivity contribution is -0.207. The number of ether oxygens (including phenoxy) is 1. The molecule has 1 heterocycles. The number of carbonyl (C=O) groups is 2.